The van der Waals surface area contributed by atoms with E-state index in [1.54, 1.807) is 0 Å². The third kappa shape index (κ3) is 2.33. The van der Waals surface area contributed by atoms with E-state index in [0.717, 1.165) is 19.6 Å². The molecule has 1 aromatic heterocycles. The first kappa shape index (κ1) is 11.9. The van der Waals surface area contributed by atoms with Crippen molar-refractivity contribution in [3.63, 3.8) is 0 Å². The van der Waals surface area contributed by atoms with Gasteiger partial charge in [-0.25, -0.2) is 9.97 Å². The second-order valence-corrected chi connectivity index (χ2v) is 5.38. The Morgan fingerprint density at radius 1 is 1.33 bits per heavy atom. The standard InChI is InChI=1S/C12H15ClN4O/c13-9-5-14-11(15-6-9)12(18)16-10-7-17-3-1-8(10)2-4-17/h5-6,8,10H,1-4,7H2,(H,16,18). The first-order valence-electron chi connectivity index (χ1n) is 6.23. The lowest BCUT2D eigenvalue weighted by Crippen LogP contribution is -2.57. The van der Waals surface area contributed by atoms with Crippen molar-refractivity contribution in [2.45, 2.75) is 18.9 Å². The number of carbonyl (C=O) groups excluding carboxylic acids is 1. The van der Waals surface area contributed by atoms with Crippen molar-refractivity contribution in [1.29, 1.82) is 0 Å². The van der Waals surface area contributed by atoms with E-state index >= 15 is 0 Å². The van der Waals surface area contributed by atoms with Crippen LogP contribution in [0.1, 0.15) is 23.5 Å². The highest BCUT2D eigenvalue weighted by Gasteiger charge is 2.35. The van der Waals surface area contributed by atoms with E-state index in [1.807, 2.05) is 0 Å². The summed E-state index contributed by atoms with van der Waals surface area (Å²) in [7, 11) is 0. The zero-order valence-corrected chi connectivity index (χ0v) is 10.7. The van der Waals surface area contributed by atoms with Crippen LogP contribution in [0.5, 0.6) is 0 Å². The van der Waals surface area contributed by atoms with Gasteiger partial charge in [0.2, 0.25) is 5.82 Å². The number of hydrogen-bond acceptors (Lipinski definition) is 4. The Morgan fingerprint density at radius 3 is 2.56 bits per heavy atom. The zero-order valence-electron chi connectivity index (χ0n) is 9.97. The highest BCUT2D eigenvalue weighted by molar-refractivity contribution is 6.30. The van der Waals surface area contributed by atoms with Crippen molar-refractivity contribution >= 4 is 17.5 Å². The van der Waals surface area contributed by atoms with Gasteiger partial charge >= 0.3 is 0 Å². The summed E-state index contributed by atoms with van der Waals surface area (Å²) in [5.74, 6) is 0.590. The fourth-order valence-electron chi connectivity index (χ4n) is 2.79. The number of amides is 1. The van der Waals surface area contributed by atoms with Gasteiger partial charge in [0, 0.05) is 25.0 Å². The third-order valence-corrected chi connectivity index (χ3v) is 3.99. The van der Waals surface area contributed by atoms with Crippen molar-refractivity contribution in [1.82, 2.24) is 20.2 Å². The monoisotopic (exact) mass is 266 g/mol. The highest BCUT2D eigenvalue weighted by atomic mass is 35.5. The van der Waals surface area contributed by atoms with Crippen LogP contribution in [0.2, 0.25) is 5.02 Å². The molecule has 1 aromatic rings. The molecule has 1 amide bonds. The maximum atomic E-state index is 12.0. The van der Waals surface area contributed by atoms with E-state index in [1.165, 1.54) is 25.2 Å². The molecule has 0 radical (unpaired) electrons. The van der Waals surface area contributed by atoms with Gasteiger partial charge in [-0.3, -0.25) is 4.79 Å². The maximum Gasteiger partial charge on any atom is 0.289 e. The molecule has 6 heteroatoms. The van der Waals surface area contributed by atoms with Gasteiger partial charge in [0.05, 0.1) is 5.02 Å². The molecule has 1 atom stereocenters. The molecule has 3 fully saturated rings. The highest BCUT2D eigenvalue weighted by Crippen LogP contribution is 2.27. The molecule has 0 saturated carbocycles. The molecule has 1 unspecified atom stereocenters. The molecule has 0 aliphatic carbocycles. The molecule has 4 heterocycles. The second-order valence-electron chi connectivity index (χ2n) is 4.94. The minimum Gasteiger partial charge on any atom is -0.345 e. The van der Waals surface area contributed by atoms with Crippen molar-refractivity contribution in [2.75, 3.05) is 19.6 Å². The number of piperidine rings is 3. The van der Waals surface area contributed by atoms with Crippen LogP contribution in [0.15, 0.2) is 12.4 Å². The molecule has 3 aliphatic heterocycles. The van der Waals surface area contributed by atoms with Gasteiger partial charge in [0.1, 0.15) is 0 Å². The first-order chi connectivity index (χ1) is 8.72. The van der Waals surface area contributed by atoms with Gasteiger partial charge in [0.15, 0.2) is 0 Å². The Morgan fingerprint density at radius 2 is 2.00 bits per heavy atom. The summed E-state index contributed by atoms with van der Waals surface area (Å²) < 4.78 is 0. The lowest BCUT2D eigenvalue weighted by atomic mass is 9.84. The van der Waals surface area contributed by atoms with E-state index in [4.69, 9.17) is 11.6 Å². The van der Waals surface area contributed by atoms with E-state index in [2.05, 4.69) is 20.2 Å². The average Bonchev–Trinajstić information content (AvgIpc) is 2.41. The van der Waals surface area contributed by atoms with Crippen LogP contribution in [-0.2, 0) is 0 Å². The number of nitrogens with one attached hydrogen (secondary N) is 1. The zero-order chi connectivity index (χ0) is 12.5. The van der Waals surface area contributed by atoms with Crippen molar-refractivity contribution in [3.8, 4) is 0 Å². The minimum absolute atomic E-state index is 0.191. The first-order valence-corrected chi connectivity index (χ1v) is 6.61. The van der Waals surface area contributed by atoms with E-state index < -0.39 is 0 Å². The molecule has 4 rings (SSSR count). The number of fused-ring (bicyclic) bond motifs is 3. The molecule has 0 spiro atoms. The molecule has 5 nitrogen and oxygen atoms in total. The molecule has 3 aliphatic rings. The van der Waals surface area contributed by atoms with Crippen LogP contribution >= 0.6 is 11.6 Å². The molecule has 18 heavy (non-hydrogen) atoms. The number of rotatable bonds is 2. The molecular formula is C12H15ClN4O. The van der Waals surface area contributed by atoms with Gasteiger partial charge in [-0.05, 0) is 31.8 Å². The number of halogens is 1. The number of hydrogen-bond donors (Lipinski definition) is 1. The van der Waals surface area contributed by atoms with Crippen LogP contribution in [0.4, 0.5) is 0 Å². The molecular weight excluding hydrogens is 252 g/mol. The number of nitrogens with zero attached hydrogens (tertiary/aromatic N) is 3. The molecule has 0 aromatic carbocycles. The van der Waals surface area contributed by atoms with Gasteiger partial charge < -0.3 is 10.2 Å². The van der Waals surface area contributed by atoms with Crippen LogP contribution in [-0.4, -0.2) is 46.5 Å². The molecule has 2 bridgehead atoms. The largest absolute Gasteiger partial charge is 0.345 e. The Bertz CT molecular complexity index is 442. The van der Waals surface area contributed by atoms with Crippen molar-refractivity contribution in [3.05, 3.63) is 23.2 Å². The fraction of sp³-hybridized carbons (Fsp3) is 0.583. The second kappa shape index (κ2) is 4.82. The van der Waals surface area contributed by atoms with E-state index in [9.17, 15) is 4.79 Å². The Hall–Kier alpha value is -1.20. The van der Waals surface area contributed by atoms with Crippen LogP contribution in [0, 0.1) is 5.92 Å². The van der Waals surface area contributed by atoms with Crippen molar-refractivity contribution in [2.24, 2.45) is 5.92 Å². The summed E-state index contributed by atoms with van der Waals surface area (Å²) in [6.45, 7) is 3.27. The summed E-state index contributed by atoms with van der Waals surface area (Å²) in [5, 5.41) is 3.48. The minimum atomic E-state index is -0.203. The van der Waals surface area contributed by atoms with Crippen LogP contribution < -0.4 is 5.32 Å². The Labute approximate surface area is 111 Å². The van der Waals surface area contributed by atoms with Crippen LogP contribution in [0.25, 0.3) is 0 Å². The van der Waals surface area contributed by atoms with Gasteiger partial charge in [0.25, 0.3) is 5.91 Å². The quantitative estimate of drug-likeness (QED) is 0.866. The van der Waals surface area contributed by atoms with Gasteiger partial charge in [-0.2, -0.15) is 0 Å². The van der Waals surface area contributed by atoms with E-state index in [-0.39, 0.29) is 17.8 Å². The maximum absolute atomic E-state index is 12.0. The fourth-order valence-corrected chi connectivity index (χ4v) is 2.89. The average molecular weight is 267 g/mol. The van der Waals surface area contributed by atoms with E-state index in [0.29, 0.717) is 10.9 Å². The SMILES string of the molecule is O=C(NC1CN2CCC1CC2)c1ncc(Cl)cn1. The van der Waals surface area contributed by atoms with Gasteiger partial charge in [-0.1, -0.05) is 11.6 Å². The Kier molecular flexibility index (Phi) is 3.18. The van der Waals surface area contributed by atoms with Crippen molar-refractivity contribution < 1.29 is 4.79 Å². The summed E-state index contributed by atoms with van der Waals surface area (Å²) in [5.41, 5.74) is 0. The molecule has 3 saturated heterocycles. The lowest BCUT2D eigenvalue weighted by Gasteiger charge is -2.44. The summed E-state index contributed by atoms with van der Waals surface area (Å²) in [4.78, 5) is 22.3. The summed E-state index contributed by atoms with van der Waals surface area (Å²) >= 11 is 5.70. The third-order valence-electron chi connectivity index (χ3n) is 3.80. The summed E-state index contributed by atoms with van der Waals surface area (Å²) in [6, 6.07) is 0.235. The number of carbonyl (C=O) groups is 1. The number of aromatic nitrogens is 2. The smallest absolute Gasteiger partial charge is 0.289 e. The molecule has 1 N–H and O–H groups in total. The topological polar surface area (TPSA) is 58.1 Å². The Balaban J connectivity index is 1.66. The van der Waals surface area contributed by atoms with Gasteiger partial charge in [-0.15, -0.1) is 0 Å². The van der Waals surface area contributed by atoms with Crippen LogP contribution in [0.3, 0.4) is 0 Å². The lowest BCUT2D eigenvalue weighted by molar-refractivity contribution is 0.0615. The normalized spacial score (nSPS) is 30.2. The molecule has 96 valence electrons. The predicted octanol–water partition coefficient (Wildman–Crippen LogP) is 0.954. The predicted molar refractivity (Wildman–Crippen MR) is 67.5 cm³/mol. The summed E-state index contributed by atoms with van der Waals surface area (Å²) in [6.07, 6.45) is 5.23.